The van der Waals surface area contributed by atoms with E-state index in [4.69, 9.17) is 4.74 Å². The number of nitrogens with one attached hydrogen (secondary N) is 3. The molecule has 5 aromatic rings. The second-order valence-electron chi connectivity index (χ2n) is 7.74. The number of para-hydroxylation sites is 1. The van der Waals surface area contributed by atoms with Gasteiger partial charge in [-0.2, -0.15) is 13.2 Å². The zero-order valence-electron chi connectivity index (χ0n) is 18.1. The molecule has 2 aromatic heterocycles. The van der Waals surface area contributed by atoms with E-state index in [9.17, 15) is 18.0 Å². The number of hydrogen-bond acceptors (Lipinski definition) is 5. The number of pyridine rings is 1. The topological polar surface area (TPSA) is 95.7 Å². The molecule has 0 saturated carbocycles. The van der Waals surface area contributed by atoms with Crippen molar-refractivity contribution >= 4 is 22.5 Å². The van der Waals surface area contributed by atoms with Crippen molar-refractivity contribution in [1.29, 1.82) is 0 Å². The fourth-order valence-electron chi connectivity index (χ4n) is 3.62. The molecule has 0 fully saturated rings. The van der Waals surface area contributed by atoms with E-state index >= 15 is 0 Å². The largest absolute Gasteiger partial charge is 0.489 e. The monoisotopic (exact) mass is 477 g/mol. The summed E-state index contributed by atoms with van der Waals surface area (Å²) in [7, 11) is 0. The Hall–Kier alpha value is -4.60. The highest BCUT2D eigenvalue weighted by molar-refractivity contribution is 5.81. The van der Waals surface area contributed by atoms with Gasteiger partial charge in [-0.05, 0) is 48.5 Å². The number of hydrogen-bond donors (Lipinski definition) is 3. The molecule has 0 aliphatic rings. The zero-order chi connectivity index (χ0) is 24.4. The first-order chi connectivity index (χ1) is 16.8. The van der Waals surface area contributed by atoms with Gasteiger partial charge in [0, 0.05) is 33.8 Å². The van der Waals surface area contributed by atoms with Gasteiger partial charge in [-0.25, -0.2) is 0 Å². The number of aromatic nitrogens is 4. The van der Waals surface area contributed by atoms with Crippen molar-refractivity contribution in [1.82, 2.24) is 20.2 Å². The lowest BCUT2D eigenvalue weighted by Gasteiger charge is -2.09. The summed E-state index contributed by atoms with van der Waals surface area (Å²) in [4.78, 5) is 17.7. The van der Waals surface area contributed by atoms with Gasteiger partial charge in [0.25, 0.3) is 0 Å². The van der Waals surface area contributed by atoms with Crippen LogP contribution in [-0.2, 0) is 12.8 Å². The summed E-state index contributed by atoms with van der Waals surface area (Å²) < 4.78 is 44.6. The fourth-order valence-corrected chi connectivity index (χ4v) is 3.62. The van der Waals surface area contributed by atoms with Crippen LogP contribution in [0.4, 0.5) is 24.8 Å². The first-order valence-corrected chi connectivity index (χ1v) is 10.6. The maximum Gasteiger partial charge on any atom is 0.416 e. The van der Waals surface area contributed by atoms with Crippen LogP contribution in [0.5, 0.6) is 5.75 Å². The van der Waals surface area contributed by atoms with Crippen molar-refractivity contribution in [3.05, 3.63) is 100 Å². The number of anilines is 2. The molecule has 35 heavy (non-hydrogen) atoms. The highest BCUT2D eigenvalue weighted by atomic mass is 19.4. The van der Waals surface area contributed by atoms with Crippen LogP contribution >= 0.6 is 0 Å². The van der Waals surface area contributed by atoms with Crippen molar-refractivity contribution in [2.75, 3.05) is 5.32 Å². The van der Waals surface area contributed by atoms with Crippen LogP contribution in [-0.4, -0.2) is 20.2 Å². The number of benzene rings is 3. The van der Waals surface area contributed by atoms with Gasteiger partial charge in [-0.3, -0.25) is 4.79 Å². The third kappa shape index (κ3) is 5.01. The minimum absolute atomic E-state index is 0.197. The Morgan fingerprint density at radius 1 is 0.886 bits per heavy atom. The average molecular weight is 477 g/mol. The van der Waals surface area contributed by atoms with Gasteiger partial charge in [0.1, 0.15) is 12.4 Å². The van der Waals surface area contributed by atoms with Crippen LogP contribution in [0, 0.1) is 0 Å². The lowest BCUT2D eigenvalue weighted by atomic mass is 10.1. The molecule has 0 radical (unpaired) electrons. The number of halogens is 3. The molecule has 0 saturated heterocycles. The molecule has 176 valence electrons. The molecule has 0 amide bonds. The fraction of sp³-hybridized carbons (Fsp3) is 0.0800. The molecule has 0 unspecified atom stereocenters. The van der Waals surface area contributed by atoms with Crippen LogP contribution in [0.25, 0.3) is 22.3 Å². The summed E-state index contributed by atoms with van der Waals surface area (Å²) in [5.74, 6) is 1.24. The highest BCUT2D eigenvalue weighted by Gasteiger charge is 2.30. The van der Waals surface area contributed by atoms with E-state index in [-0.39, 0.29) is 23.8 Å². The number of aromatic amines is 2. The Morgan fingerprint density at radius 3 is 2.49 bits per heavy atom. The number of ether oxygens (including phenoxy) is 1. The minimum Gasteiger partial charge on any atom is -0.489 e. The highest BCUT2D eigenvalue weighted by Crippen LogP contribution is 2.31. The predicted molar refractivity (Wildman–Crippen MR) is 125 cm³/mol. The third-order valence-electron chi connectivity index (χ3n) is 5.30. The van der Waals surface area contributed by atoms with E-state index in [1.54, 1.807) is 24.3 Å². The van der Waals surface area contributed by atoms with Crippen molar-refractivity contribution in [3.63, 3.8) is 0 Å². The quantitative estimate of drug-likeness (QED) is 0.294. The number of nitrogens with zero attached hydrogens (tertiary/aromatic N) is 2. The number of H-pyrrole nitrogens is 2. The van der Waals surface area contributed by atoms with E-state index in [0.717, 1.165) is 28.6 Å². The van der Waals surface area contributed by atoms with Crippen molar-refractivity contribution < 1.29 is 17.9 Å². The Kier molecular flexibility index (Phi) is 5.69. The summed E-state index contributed by atoms with van der Waals surface area (Å²) in [5, 5.41) is 11.7. The van der Waals surface area contributed by atoms with E-state index in [0.29, 0.717) is 17.1 Å². The number of rotatable bonds is 6. The van der Waals surface area contributed by atoms with Crippen LogP contribution in [0.2, 0.25) is 0 Å². The molecule has 3 aromatic carbocycles. The average Bonchev–Trinajstić information content (AvgIpc) is 3.31. The van der Waals surface area contributed by atoms with Crippen LogP contribution < -0.4 is 15.6 Å². The first kappa shape index (κ1) is 22.2. The molecular formula is C25H18F3N5O2. The zero-order valence-corrected chi connectivity index (χ0v) is 18.1. The summed E-state index contributed by atoms with van der Waals surface area (Å²) >= 11 is 0. The van der Waals surface area contributed by atoms with Gasteiger partial charge in [0.2, 0.25) is 11.5 Å². The molecule has 7 nitrogen and oxygen atoms in total. The second kappa shape index (κ2) is 8.98. The summed E-state index contributed by atoms with van der Waals surface area (Å²) in [6, 6.07) is 20.9. The standard InChI is InChI=1S/C25H18F3N5O2/c26-25(27,28)17-4-3-5-18(13-17)29-24-31-23(32-33-24)15-8-10-19(11-9-15)35-14-16-12-22(34)30-21-7-2-1-6-20(16)21/h1-13H,14H2,(H,30,34)(H2,29,31,32,33). The Morgan fingerprint density at radius 2 is 1.69 bits per heavy atom. The minimum atomic E-state index is -4.43. The lowest BCUT2D eigenvalue weighted by molar-refractivity contribution is -0.137. The first-order valence-electron chi connectivity index (χ1n) is 10.6. The van der Waals surface area contributed by atoms with Crippen molar-refractivity contribution in [2.24, 2.45) is 0 Å². The Balaban J connectivity index is 1.27. The molecule has 5 rings (SSSR count). The van der Waals surface area contributed by atoms with Crippen molar-refractivity contribution in [2.45, 2.75) is 12.8 Å². The van der Waals surface area contributed by atoms with Gasteiger partial charge < -0.3 is 20.0 Å². The maximum atomic E-state index is 12.9. The Labute approximate surface area is 196 Å². The molecule has 3 N–H and O–H groups in total. The summed E-state index contributed by atoms with van der Waals surface area (Å²) in [5.41, 5.74) is 1.51. The number of alkyl halides is 3. The van der Waals surface area contributed by atoms with E-state index in [2.05, 4.69) is 25.5 Å². The van der Waals surface area contributed by atoms with Crippen LogP contribution in [0.1, 0.15) is 11.1 Å². The number of fused-ring (bicyclic) bond motifs is 1. The second-order valence-corrected chi connectivity index (χ2v) is 7.74. The predicted octanol–water partition coefficient (Wildman–Crippen LogP) is 5.65. The molecule has 0 aliphatic carbocycles. The molecule has 0 aliphatic heterocycles. The third-order valence-corrected chi connectivity index (χ3v) is 5.30. The Bertz CT molecular complexity index is 1540. The van der Waals surface area contributed by atoms with Gasteiger partial charge in [0.05, 0.1) is 5.56 Å². The molecule has 2 heterocycles. The molecule has 0 atom stereocenters. The smallest absolute Gasteiger partial charge is 0.416 e. The summed E-state index contributed by atoms with van der Waals surface area (Å²) in [6.07, 6.45) is -4.43. The van der Waals surface area contributed by atoms with E-state index < -0.39 is 11.7 Å². The van der Waals surface area contributed by atoms with Crippen LogP contribution in [0.3, 0.4) is 0 Å². The van der Waals surface area contributed by atoms with E-state index in [1.807, 2.05) is 24.3 Å². The maximum absolute atomic E-state index is 12.9. The van der Waals surface area contributed by atoms with Gasteiger partial charge in [0.15, 0.2) is 5.82 Å². The molecular weight excluding hydrogens is 459 g/mol. The van der Waals surface area contributed by atoms with Gasteiger partial charge in [-0.15, -0.1) is 10.2 Å². The van der Waals surface area contributed by atoms with Gasteiger partial charge in [-0.1, -0.05) is 24.3 Å². The molecule has 10 heteroatoms. The lowest BCUT2D eigenvalue weighted by Crippen LogP contribution is -2.08. The van der Waals surface area contributed by atoms with Crippen molar-refractivity contribution in [3.8, 4) is 17.1 Å². The normalized spacial score (nSPS) is 11.5. The summed E-state index contributed by atoms with van der Waals surface area (Å²) in [6.45, 7) is 0.219. The molecule has 0 spiro atoms. The van der Waals surface area contributed by atoms with E-state index in [1.165, 1.54) is 18.2 Å². The van der Waals surface area contributed by atoms with Crippen LogP contribution in [0.15, 0.2) is 83.7 Å². The van der Waals surface area contributed by atoms with Gasteiger partial charge >= 0.3 is 6.18 Å². The molecule has 0 bridgehead atoms. The SMILES string of the molecule is O=c1cc(COc2ccc(-c3nnc(Nc4cccc(C(F)(F)F)c4)[nH]3)cc2)c2ccccc2[nH]1.